The van der Waals surface area contributed by atoms with Crippen LogP contribution >= 0.6 is 27.3 Å². The number of benzene rings is 1. The second-order valence-corrected chi connectivity index (χ2v) is 7.08. The van der Waals surface area contributed by atoms with Crippen LogP contribution in [0.25, 0.3) is 0 Å². The lowest BCUT2D eigenvalue weighted by Crippen LogP contribution is -2.18. The van der Waals surface area contributed by atoms with E-state index in [1.165, 1.54) is 21.6 Å². The van der Waals surface area contributed by atoms with Crippen molar-refractivity contribution in [3.05, 3.63) is 49.6 Å². The summed E-state index contributed by atoms with van der Waals surface area (Å²) in [6, 6.07) is 6.58. The Kier molecular flexibility index (Phi) is 5.24. The zero-order chi connectivity index (χ0) is 14.7. The van der Waals surface area contributed by atoms with Crippen LogP contribution in [0.15, 0.2) is 28.1 Å². The molecule has 0 aliphatic carbocycles. The van der Waals surface area contributed by atoms with Gasteiger partial charge in [0.1, 0.15) is 12.4 Å². The highest BCUT2D eigenvalue weighted by Crippen LogP contribution is 2.29. The molecular formula is C16H20BrNOS. The van der Waals surface area contributed by atoms with Crippen molar-refractivity contribution in [2.75, 3.05) is 0 Å². The maximum absolute atomic E-state index is 6.00. The van der Waals surface area contributed by atoms with E-state index in [0.29, 0.717) is 6.61 Å². The van der Waals surface area contributed by atoms with Crippen LogP contribution in [0.2, 0.25) is 0 Å². The van der Waals surface area contributed by atoms with Gasteiger partial charge in [-0.25, -0.2) is 0 Å². The largest absolute Gasteiger partial charge is 0.487 e. The highest BCUT2D eigenvalue weighted by molar-refractivity contribution is 9.10. The van der Waals surface area contributed by atoms with Gasteiger partial charge in [0.25, 0.3) is 0 Å². The fourth-order valence-corrected chi connectivity index (χ4v) is 3.70. The molecule has 1 aromatic heterocycles. The van der Waals surface area contributed by atoms with Crippen molar-refractivity contribution >= 4 is 27.3 Å². The van der Waals surface area contributed by atoms with Gasteiger partial charge in [0.05, 0.1) is 4.88 Å². The number of nitrogens with two attached hydrogens (primary N) is 1. The van der Waals surface area contributed by atoms with Gasteiger partial charge in [-0.05, 0) is 71.3 Å². The van der Waals surface area contributed by atoms with Crippen LogP contribution in [0, 0.1) is 13.8 Å². The van der Waals surface area contributed by atoms with Crippen LogP contribution in [0.5, 0.6) is 5.75 Å². The number of thiophene rings is 1. The number of hydrogen-bond acceptors (Lipinski definition) is 3. The fraction of sp³-hybridized carbons (Fsp3) is 0.375. The van der Waals surface area contributed by atoms with E-state index in [-0.39, 0.29) is 6.04 Å². The summed E-state index contributed by atoms with van der Waals surface area (Å²) >= 11 is 5.24. The lowest BCUT2D eigenvalue weighted by atomic mass is 10.0. The van der Waals surface area contributed by atoms with Gasteiger partial charge in [0, 0.05) is 10.5 Å². The maximum atomic E-state index is 6.00. The Morgan fingerprint density at radius 2 is 1.95 bits per heavy atom. The molecule has 0 amide bonds. The van der Waals surface area contributed by atoms with Gasteiger partial charge in [-0.15, -0.1) is 11.3 Å². The van der Waals surface area contributed by atoms with Crippen LogP contribution in [-0.2, 0) is 13.0 Å². The van der Waals surface area contributed by atoms with Crippen LogP contribution in [0.1, 0.15) is 28.5 Å². The molecule has 0 bridgehead atoms. The Bertz CT molecular complexity index is 569. The third-order valence-corrected chi connectivity index (χ3v) is 5.02. The molecule has 1 atom stereocenters. The molecule has 1 unspecified atom stereocenters. The molecule has 1 aromatic carbocycles. The Hall–Kier alpha value is -0.840. The van der Waals surface area contributed by atoms with Crippen molar-refractivity contribution in [1.29, 1.82) is 0 Å². The maximum Gasteiger partial charge on any atom is 0.125 e. The van der Waals surface area contributed by atoms with Crippen molar-refractivity contribution in [3.63, 3.8) is 0 Å². The molecule has 2 nitrogen and oxygen atoms in total. The molecule has 2 N–H and O–H groups in total. The first-order chi connectivity index (χ1) is 9.47. The highest BCUT2D eigenvalue weighted by Gasteiger charge is 2.09. The molecule has 0 saturated carbocycles. The van der Waals surface area contributed by atoms with Gasteiger partial charge in [0.2, 0.25) is 0 Å². The summed E-state index contributed by atoms with van der Waals surface area (Å²) in [4.78, 5) is 1.21. The van der Waals surface area contributed by atoms with E-state index in [0.717, 1.165) is 16.6 Å². The summed E-state index contributed by atoms with van der Waals surface area (Å²) in [5, 5.41) is 2.06. The van der Waals surface area contributed by atoms with E-state index in [1.54, 1.807) is 11.3 Å². The van der Waals surface area contributed by atoms with Crippen molar-refractivity contribution in [2.45, 2.75) is 39.8 Å². The van der Waals surface area contributed by atoms with Gasteiger partial charge in [-0.1, -0.05) is 12.1 Å². The molecular weight excluding hydrogens is 334 g/mol. The molecule has 4 heteroatoms. The molecule has 2 rings (SSSR count). The normalized spacial score (nSPS) is 12.4. The minimum Gasteiger partial charge on any atom is -0.487 e. The van der Waals surface area contributed by atoms with Crippen molar-refractivity contribution < 1.29 is 4.74 Å². The number of ether oxygens (including phenoxy) is 1. The molecule has 0 aliphatic heterocycles. The van der Waals surface area contributed by atoms with Crippen LogP contribution < -0.4 is 10.5 Å². The molecule has 0 fully saturated rings. The van der Waals surface area contributed by atoms with E-state index in [9.17, 15) is 0 Å². The van der Waals surface area contributed by atoms with Gasteiger partial charge >= 0.3 is 0 Å². The van der Waals surface area contributed by atoms with Crippen molar-refractivity contribution in [2.24, 2.45) is 5.73 Å². The fourth-order valence-electron chi connectivity index (χ4n) is 2.32. The van der Waals surface area contributed by atoms with E-state index >= 15 is 0 Å². The quantitative estimate of drug-likeness (QED) is 0.852. The van der Waals surface area contributed by atoms with Gasteiger partial charge in [-0.3, -0.25) is 0 Å². The van der Waals surface area contributed by atoms with Gasteiger partial charge in [-0.2, -0.15) is 0 Å². The van der Waals surface area contributed by atoms with Gasteiger partial charge < -0.3 is 10.5 Å². The SMILES string of the molecule is Cc1cc(CC(C)N)cc(C)c1OCc1sccc1Br. The highest BCUT2D eigenvalue weighted by atomic mass is 79.9. The van der Waals surface area contributed by atoms with Crippen LogP contribution in [-0.4, -0.2) is 6.04 Å². The molecule has 108 valence electrons. The number of rotatable bonds is 5. The van der Waals surface area contributed by atoms with Crippen molar-refractivity contribution in [3.8, 4) is 5.75 Å². The average molecular weight is 354 g/mol. The summed E-state index contributed by atoms with van der Waals surface area (Å²) in [5.74, 6) is 0.985. The van der Waals surface area contributed by atoms with Gasteiger partial charge in [0.15, 0.2) is 0 Å². The summed E-state index contributed by atoms with van der Waals surface area (Å²) in [5.41, 5.74) is 9.49. The zero-order valence-corrected chi connectivity index (χ0v) is 14.5. The Morgan fingerprint density at radius 3 is 2.45 bits per heavy atom. The summed E-state index contributed by atoms with van der Waals surface area (Å²) in [6.45, 7) is 6.82. The second kappa shape index (κ2) is 6.74. The molecule has 0 radical (unpaired) electrons. The van der Waals surface area contributed by atoms with E-state index in [4.69, 9.17) is 10.5 Å². The average Bonchev–Trinajstić information content (AvgIpc) is 2.73. The van der Waals surface area contributed by atoms with E-state index in [1.807, 2.05) is 6.92 Å². The Morgan fingerprint density at radius 1 is 1.30 bits per heavy atom. The first-order valence-electron chi connectivity index (χ1n) is 6.67. The molecule has 1 heterocycles. The molecule has 0 aliphatic rings. The monoisotopic (exact) mass is 353 g/mol. The predicted octanol–water partition coefficient (Wildman–Crippen LogP) is 4.60. The number of halogens is 1. The first-order valence-corrected chi connectivity index (χ1v) is 8.35. The summed E-state index contributed by atoms with van der Waals surface area (Å²) < 4.78 is 7.12. The third kappa shape index (κ3) is 3.84. The first kappa shape index (κ1) is 15.5. The molecule has 0 spiro atoms. The summed E-state index contributed by atoms with van der Waals surface area (Å²) in [6.07, 6.45) is 0.901. The molecule has 2 aromatic rings. The predicted molar refractivity (Wildman–Crippen MR) is 89.6 cm³/mol. The number of aryl methyl sites for hydroxylation is 2. The minimum absolute atomic E-state index is 0.183. The van der Waals surface area contributed by atoms with E-state index in [2.05, 4.69) is 53.4 Å². The molecule has 20 heavy (non-hydrogen) atoms. The van der Waals surface area contributed by atoms with E-state index < -0.39 is 0 Å². The smallest absolute Gasteiger partial charge is 0.125 e. The summed E-state index contributed by atoms with van der Waals surface area (Å²) in [7, 11) is 0. The van der Waals surface area contributed by atoms with Crippen LogP contribution in [0.3, 0.4) is 0 Å². The number of hydrogen-bond donors (Lipinski definition) is 1. The second-order valence-electron chi connectivity index (χ2n) is 5.22. The Balaban J connectivity index is 2.14. The lowest BCUT2D eigenvalue weighted by molar-refractivity contribution is 0.304. The molecule has 0 saturated heterocycles. The Labute approximate surface area is 133 Å². The standard InChI is InChI=1S/C16H20BrNOS/c1-10-6-13(8-12(3)18)7-11(2)16(10)19-9-15-14(17)4-5-20-15/h4-7,12H,8-9,18H2,1-3H3. The topological polar surface area (TPSA) is 35.2 Å². The lowest BCUT2D eigenvalue weighted by Gasteiger charge is -2.15. The van der Waals surface area contributed by atoms with Crippen LogP contribution in [0.4, 0.5) is 0 Å². The minimum atomic E-state index is 0.183. The zero-order valence-electron chi connectivity index (χ0n) is 12.1. The van der Waals surface area contributed by atoms with Crippen molar-refractivity contribution in [1.82, 2.24) is 0 Å². The third-order valence-electron chi connectivity index (χ3n) is 3.12.